The van der Waals surface area contributed by atoms with Gasteiger partial charge in [-0.05, 0) is 44.0 Å². The minimum atomic E-state index is -2.66. The largest absolute Gasteiger partial charge is 0.312 e. The average molecular weight is 568 g/mol. The maximum Gasteiger partial charge on any atom is 0.179 e. The van der Waals surface area contributed by atoms with Crippen LogP contribution in [0.3, 0.4) is 0 Å². The topological polar surface area (TPSA) is 4.93 Å². The molecule has 0 N–H and O–H groups in total. The lowest BCUT2D eigenvalue weighted by Crippen LogP contribution is -2.74. The molecule has 0 bridgehead atoms. The second-order valence-corrected chi connectivity index (χ2v) is 16.0. The summed E-state index contributed by atoms with van der Waals surface area (Å²) in [5.41, 5.74) is 7.80. The standard InChI is InChI=1S/C41H33NSi/c1-41(2)36-25-15-16-26-38(36)42-37-28-27-34(29-35(37)39(40(41)42)30-17-7-3-8-18-30)43(31-19-9-4-10-20-31,32-21-11-5-12-22-32)33-23-13-6-14-24-33/h3-29H,1-2H3. The van der Waals surface area contributed by atoms with Crippen LogP contribution in [-0.2, 0) is 5.41 Å². The number of hydrogen-bond acceptors (Lipinski definition) is 0. The molecule has 1 aromatic heterocycles. The Hall–Kier alpha value is -4.92. The van der Waals surface area contributed by atoms with Gasteiger partial charge in [0.05, 0.1) is 11.2 Å². The molecular formula is C41H33NSi. The first-order chi connectivity index (χ1) is 21.1. The van der Waals surface area contributed by atoms with E-state index in [-0.39, 0.29) is 5.41 Å². The number of fused-ring (bicyclic) bond motifs is 5. The predicted octanol–water partition coefficient (Wildman–Crippen LogP) is 7.31. The minimum absolute atomic E-state index is 0.131. The Morgan fingerprint density at radius 3 is 1.53 bits per heavy atom. The fourth-order valence-electron chi connectivity index (χ4n) is 7.65. The molecule has 6 aromatic carbocycles. The minimum Gasteiger partial charge on any atom is -0.312 e. The Morgan fingerprint density at radius 2 is 0.977 bits per heavy atom. The number of benzene rings is 6. The smallest absolute Gasteiger partial charge is 0.179 e. The highest BCUT2D eigenvalue weighted by Crippen LogP contribution is 2.51. The van der Waals surface area contributed by atoms with Crippen molar-refractivity contribution in [2.45, 2.75) is 19.3 Å². The molecule has 0 fully saturated rings. The highest BCUT2D eigenvalue weighted by atomic mass is 28.3. The van der Waals surface area contributed by atoms with Crippen LogP contribution in [0.4, 0.5) is 0 Å². The van der Waals surface area contributed by atoms with Crippen molar-refractivity contribution in [1.82, 2.24) is 4.57 Å². The van der Waals surface area contributed by atoms with E-state index in [9.17, 15) is 0 Å². The van der Waals surface area contributed by atoms with E-state index in [0.717, 1.165) is 0 Å². The van der Waals surface area contributed by atoms with Crippen LogP contribution in [0.1, 0.15) is 25.1 Å². The van der Waals surface area contributed by atoms with Gasteiger partial charge in [-0.3, -0.25) is 0 Å². The predicted molar refractivity (Wildman–Crippen MR) is 184 cm³/mol. The van der Waals surface area contributed by atoms with Crippen molar-refractivity contribution in [3.63, 3.8) is 0 Å². The summed E-state index contributed by atoms with van der Waals surface area (Å²) in [7, 11) is -2.66. The molecule has 0 atom stereocenters. The van der Waals surface area contributed by atoms with Gasteiger partial charge in [-0.25, -0.2) is 0 Å². The Bertz CT molecular complexity index is 1980. The van der Waals surface area contributed by atoms with Crippen molar-refractivity contribution >= 4 is 39.7 Å². The van der Waals surface area contributed by atoms with Gasteiger partial charge < -0.3 is 4.57 Å². The summed E-state index contributed by atoms with van der Waals surface area (Å²) in [4.78, 5) is 0. The zero-order valence-corrected chi connectivity index (χ0v) is 25.5. The summed E-state index contributed by atoms with van der Waals surface area (Å²) in [6.07, 6.45) is 0. The van der Waals surface area contributed by atoms with Gasteiger partial charge in [-0.15, -0.1) is 0 Å². The van der Waals surface area contributed by atoms with E-state index < -0.39 is 8.07 Å². The highest BCUT2D eigenvalue weighted by Gasteiger charge is 2.44. The quantitative estimate of drug-likeness (QED) is 0.152. The molecule has 0 unspecified atom stereocenters. The third-order valence-corrected chi connectivity index (χ3v) is 14.3. The second-order valence-electron chi connectivity index (χ2n) is 12.1. The van der Waals surface area contributed by atoms with E-state index in [0.29, 0.717) is 0 Å². The highest BCUT2D eigenvalue weighted by molar-refractivity contribution is 7.20. The van der Waals surface area contributed by atoms with Crippen LogP contribution in [0.15, 0.2) is 164 Å². The van der Waals surface area contributed by atoms with Crippen LogP contribution in [-0.4, -0.2) is 12.6 Å². The first kappa shape index (κ1) is 25.8. The molecule has 2 heteroatoms. The molecule has 0 radical (unpaired) electrons. The van der Waals surface area contributed by atoms with Crippen LogP contribution < -0.4 is 20.7 Å². The summed E-state index contributed by atoms with van der Waals surface area (Å²) >= 11 is 0. The third kappa shape index (κ3) is 3.70. The van der Waals surface area contributed by atoms with Crippen molar-refractivity contribution in [1.29, 1.82) is 0 Å². The molecule has 2 heterocycles. The number of rotatable bonds is 5. The summed E-state index contributed by atoms with van der Waals surface area (Å²) < 4.78 is 2.54. The van der Waals surface area contributed by atoms with E-state index in [1.54, 1.807) is 0 Å². The summed E-state index contributed by atoms with van der Waals surface area (Å²) in [6.45, 7) is 4.77. The average Bonchev–Trinajstić information content (AvgIpc) is 3.53. The fraction of sp³-hybridized carbons (Fsp3) is 0.0732. The molecule has 8 rings (SSSR count). The molecule has 0 saturated carbocycles. The fourth-order valence-corrected chi connectivity index (χ4v) is 12.4. The van der Waals surface area contributed by atoms with E-state index >= 15 is 0 Å². The summed E-state index contributed by atoms with van der Waals surface area (Å²) in [5.74, 6) is 0. The van der Waals surface area contributed by atoms with Crippen molar-refractivity contribution < 1.29 is 0 Å². The molecule has 0 spiro atoms. The summed E-state index contributed by atoms with van der Waals surface area (Å²) in [5, 5.41) is 6.90. The van der Waals surface area contributed by atoms with Gasteiger partial charge in [0.25, 0.3) is 0 Å². The first-order valence-electron chi connectivity index (χ1n) is 15.1. The molecule has 7 aromatic rings. The lowest BCUT2D eigenvalue weighted by Gasteiger charge is -2.34. The molecule has 1 nitrogen and oxygen atoms in total. The Balaban J connectivity index is 1.53. The number of nitrogens with zero attached hydrogens (tertiary/aromatic N) is 1. The van der Waals surface area contributed by atoms with Crippen molar-refractivity contribution in [2.75, 3.05) is 0 Å². The molecule has 0 amide bonds. The van der Waals surface area contributed by atoms with Crippen LogP contribution in [0.5, 0.6) is 0 Å². The van der Waals surface area contributed by atoms with Crippen LogP contribution in [0.2, 0.25) is 0 Å². The molecule has 0 saturated heterocycles. The lowest BCUT2D eigenvalue weighted by atomic mass is 9.80. The van der Waals surface area contributed by atoms with Gasteiger partial charge in [0.1, 0.15) is 0 Å². The normalized spacial score (nSPS) is 13.5. The van der Waals surface area contributed by atoms with Gasteiger partial charge in [-0.1, -0.05) is 166 Å². The number of aromatic nitrogens is 1. The maximum atomic E-state index is 2.54. The Morgan fingerprint density at radius 1 is 0.488 bits per heavy atom. The van der Waals surface area contributed by atoms with Crippen LogP contribution >= 0.6 is 0 Å². The zero-order valence-electron chi connectivity index (χ0n) is 24.5. The SMILES string of the molecule is CC1(C)c2ccccc2-n2c1c(-c1ccccc1)c1cc([Si](c3ccccc3)(c3ccccc3)c3ccccc3)ccc12. The zero-order chi connectivity index (χ0) is 29.0. The van der Waals surface area contributed by atoms with Gasteiger partial charge >= 0.3 is 0 Å². The van der Waals surface area contributed by atoms with Crippen molar-refractivity contribution in [2.24, 2.45) is 0 Å². The van der Waals surface area contributed by atoms with E-state index in [1.165, 1.54) is 59.7 Å². The maximum absolute atomic E-state index is 2.66. The molecule has 206 valence electrons. The molecule has 43 heavy (non-hydrogen) atoms. The molecule has 1 aliphatic rings. The monoisotopic (exact) mass is 567 g/mol. The number of para-hydroxylation sites is 1. The van der Waals surface area contributed by atoms with Gasteiger partial charge in [0.2, 0.25) is 0 Å². The molecular weight excluding hydrogens is 535 g/mol. The summed E-state index contributed by atoms with van der Waals surface area (Å²) in [6, 6.07) is 60.9. The van der Waals surface area contributed by atoms with Gasteiger partial charge in [0.15, 0.2) is 8.07 Å². The van der Waals surface area contributed by atoms with Crippen LogP contribution in [0.25, 0.3) is 27.7 Å². The van der Waals surface area contributed by atoms with Gasteiger partial charge in [-0.2, -0.15) is 0 Å². The van der Waals surface area contributed by atoms with Gasteiger partial charge in [0, 0.05) is 22.1 Å². The molecule has 1 aliphatic heterocycles. The third-order valence-electron chi connectivity index (χ3n) is 9.49. The van der Waals surface area contributed by atoms with Crippen molar-refractivity contribution in [3.8, 4) is 16.8 Å². The van der Waals surface area contributed by atoms with E-state index in [1.807, 2.05) is 0 Å². The molecule has 0 aliphatic carbocycles. The lowest BCUT2D eigenvalue weighted by molar-refractivity contribution is 0.646. The number of hydrogen-bond donors (Lipinski definition) is 0. The Kier molecular flexibility index (Phi) is 5.89. The Labute approximate surface area is 254 Å². The second kappa shape index (κ2) is 9.83. The van der Waals surface area contributed by atoms with E-state index in [2.05, 4.69) is 182 Å². The first-order valence-corrected chi connectivity index (χ1v) is 17.1. The van der Waals surface area contributed by atoms with Crippen molar-refractivity contribution in [3.05, 3.63) is 175 Å². The van der Waals surface area contributed by atoms with Crippen LogP contribution in [0, 0.1) is 0 Å². The van der Waals surface area contributed by atoms with E-state index in [4.69, 9.17) is 0 Å².